The van der Waals surface area contributed by atoms with Crippen LogP contribution >= 0.6 is 0 Å². The number of carbonyl (C=O) groups excluding carboxylic acids is 2. The van der Waals surface area contributed by atoms with E-state index in [4.69, 9.17) is 13.0 Å². The summed E-state index contributed by atoms with van der Waals surface area (Å²) in [6, 6.07) is 20.5. The Hall–Kier alpha value is -2.57. The number of rotatable bonds is 14. The molecule has 0 spiro atoms. The molecule has 0 atom stereocenters. The molecule has 0 radical (unpaired) electrons. The second kappa shape index (κ2) is 14.7. The summed E-state index contributed by atoms with van der Waals surface area (Å²) in [6.07, 6.45) is 4.07. The Labute approximate surface area is 238 Å². The smallest absolute Gasteiger partial charge is 0.343 e. The molecule has 9 heteroatoms. The van der Waals surface area contributed by atoms with E-state index in [0.717, 1.165) is 22.7 Å². The van der Waals surface area contributed by atoms with Gasteiger partial charge in [0.1, 0.15) is 5.57 Å². The molecule has 0 aliphatic heterocycles. The first kappa shape index (κ1) is 32.6. The monoisotopic (exact) mass is 583 g/mol. The molecule has 39 heavy (non-hydrogen) atoms. The standard InChI is InChI=1S/C30H45NO5Si3/c1-9-34-30(33)28(22-21-27(25-17-12-10-13-18-25)26-19-14-11-15-20-26)29(32)31-23-16-24-39(8,35-37(2,3)4)36-38(5,6)7/h10-15,17-22H,9,16,23-24H2,1-8H3,(H,31,32)/b28-22-. The van der Waals surface area contributed by atoms with Gasteiger partial charge in [-0.05, 0) is 88.0 Å². The molecule has 2 aromatic carbocycles. The van der Waals surface area contributed by atoms with Crippen LogP contribution in [0.3, 0.4) is 0 Å². The average Bonchev–Trinajstić information content (AvgIpc) is 2.83. The molecule has 0 heterocycles. The number of ether oxygens (including phenoxy) is 1. The Balaban J connectivity index is 2.24. The van der Waals surface area contributed by atoms with Gasteiger partial charge in [-0.2, -0.15) is 0 Å². The van der Waals surface area contributed by atoms with E-state index in [0.29, 0.717) is 13.0 Å². The Morgan fingerprint density at radius 2 is 1.26 bits per heavy atom. The number of nitrogens with one attached hydrogen (secondary N) is 1. The van der Waals surface area contributed by atoms with Crippen molar-refractivity contribution in [2.75, 3.05) is 13.2 Å². The number of allylic oxidation sites excluding steroid dienone is 2. The fraction of sp³-hybridized carbons (Fsp3) is 0.400. The minimum Gasteiger partial charge on any atom is -0.462 e. The van der Waals surface area contributed by atoms with Crippen LogP contribution in [0.5, 0.6) is 0 Å². The minimum atomic E-state index is -2.40. The second-order valence-electron chi connectivity index (χ2n) is 11.5. The zero-order chi connectivity index (χ0) is 29.1. The van der Waals surface area contributed by atoms with Crippen molar-refractivity contribution >= 4 is 42.6 Å². The van der Waals surface area contributed by atoms with Gasteiger partial charge in [0.15, 0.2) is 16.6 Å². The molecule has 212 valence electrons. The first-order chi connectivity index (χ1) is 18.2. The van der Waals surface area contributed by atoms with Gasteiger partial charge in [0.2, 0.25) is 0 Å². The van der Waals surface area contributed by atoms with E-state index in [1.54, 1.807) is 13.0 Å². The third-order valence-electron chi connectivity index (χ3n) is 5.46. The SMILES string of the molecule is CCOC(=O)/C(=C\C=C(c1ccccc1)c1ccccc1)C(=O)NCCC[Si](C)(O[Si](C)(C)C)O[Si](C)(C)C. The maximum atomic E-state index is 13.2. The van der Waals surface area contributed by atoms with E-state index in [1.165, 1.54) is 0 Å². The average molecular weight is 584 g/mol. The molecule has 6 nitrogen and oxygen atoms in total. The second-order valence-corrected chi connectivity index (χ2v) is 24.4. The lowest BCUT2D eigenvalue weighted by molar-refractivity contribution is -0.140. The highest BCUT2D eigenvalue weighted by Crippen LogP contribution is 2.26. The molecule has 0 aliphatic carbocycles. The van der Waals surface area contributed by atoms with Crippen LogP contribution in [0, 0.1) is 0 Å². The molecule has 0 unspecified atom stereocenters. The Kier molecular flexibility index (Phi) is 12.3. The maximum Gasteiger partial charge on any atom is 0.343 e. The van der Waals surface area contributed by atoms with Gasteiger partial charge < -0.3 is 18.3 Å². The van der Waals surface area contributed by atoms with E-state index in [2.05, 4.69) is 51.1 Å². The highest BCUT2D eigenvalue weighted by Gasteiger charge is 2.39. The molecule has 1 N–H and O–H groups in total. The summed E-state index contributed by atoms with van der Waals surface area (Å²) < 4.78 is 18.3. The first-order valence-corrected chi connectivity index (χ1v) is 23.0. The molecular formula is C30H45NO5Si3. The van der Waals surface area contributed by atoms with Crippen molar-refractivity contribution in [1.29, 1.82) is 0 Å². The molecular weight excluding hydrogens is 539 g/mol. The van der Waals surface area contributed by atoms with Gasteiger partial charge in [-0.3, -0.25) is 4.79 Å². The van der Waals surface area contributed by atoms with Gasteiger partial charge in [-0.1, -0.05) is 66.7 Å². The van der Waals surface area contributed by atoms with Gasteiger partial charge in [0.25, 0.3) is 5.91 Å². The maximum absolute atomic E-state index is 13.2. The highest BCUT2D eigenvalue weighted by atomic mass is 28.5. The Bertz CT molecular complexity index is 1080. The van der Waals surface area contributed by atoms with Gasteiger partial charge in [0, 0.05) is 6.54 Å². The summed E-state index contributed by atoms with van der Waals surface area (Å²) >= 11 is 0. The number of hydrogen-bond acceptors (Lipinski definition) is 5. The summed E-state index contributed by atoms with van der Waals surface area (Å²) in [4.78, 5) is 26.0. The van der Waals surface area contributed by atoms with Crippen molar-refractivity contribution in [3.8, 4) is 0 Å². The molecule has 0 bridgehead atoms. The molecule has 0 aliphatic rings. The molecule has 0 saturated carbocycles. The van der Waals surface area contributed by atoms with E-state index < -0.39 is 37.1 Å². The first-order valence-electron chi connectivity index (χ1n) is 13.6. The van der Waals surface area contributed by atoms with E-state index in [9.17, 15) is 9.59 Å². The van der Waals surface area contributed by atoms with Gasteiger partial charge >= 0.3 is 14.5 Å². The van der Waals surface area contributed by atoms with E-state index in [-0.39, 0.29) is 12.2 Å². The molecule has 2 aromatic rings. The summed E-state index contributed by atoms with van der Waals surface area (Å²) in [6.45, 7) is 17.5. The third kappa shape index (κ3) is 12.0. The quantitative estimate of drug-likeness (QED) is 0.0499. The lowest BCUT2D eigenvalue weighted by Gasteiger charge is -2.38. The lowest BCUT2D eigenvalue weighted by Crippen LogP contribution is -2.52. The molecule has 1 amide bonds. The summed E-state index contributed by atoms with van der Waals surface area (Å²) in [5.41, 5.74) is 2.84. The van der Waals surface area contributed by atoms with E-state index >= 15 is 0 Å². The predicted molar refractivity (Wildman–Crippen MR) is 168 cm³/mol. The van der Waals surface area contributed by atoms with Crippen LogP contribution in [0.2, 0.25) is 51.9 Å². The summed E-state index contributed by atoms with van der Waals surface area (Å²) in [5, 5.41) is 2.92. The lowest BCUT2D eigenvalue weighted by atomic mass is 9.97. The van der Waals surface area contributed by atoms with Crippen LogP contribution < -0.4 is 5.32 Å². The van der Waals surface area contributed by atoms with E-state index in [1.807, 2.05) is 66.7 Å². The minimum absolute atomic E-state index is 0.0297. The van der Waals surface area contributed by atoms with Crippen molar-refractivity contribution in [1.82, 2.24) is 5.32 Å². The largest absolute Gasteiger partial charge is 0.462 e. The molecule has 0 fully saturated rings. The Morgan fingerprint density at radius 3 is 1.69 bits per heavy atom. The zero-order valence-corrected chi connectivity index (χ0v) is 27.8. The predicted octanol–water partition coefficient (Wildman–Crippen LogP) is 6.89. The zero-order valence-electron chi connectivity index (χ0n) is 24.8. The van der Waals surface area contributed by atoms with Crippen molar-refractivity contribution in [3.63, 3.8) is 0 Å². The fourth-order valence-electron chi connectivity index (χ4n) is 4.33. The number of benzene rings is 2. The third-order valence-corrected chi connectivity index (χ3v) is 15.1. The normalized spacial score (nSPS) is 12.6. The Morgan fingerprint density at radius 1 is 0.769 bits per heavy atom. The fourth-order valence-corrected chi connectivity index (χ4v) is 16.9. The molecule has 2 rings (SSSR count). The van der Waals surface area contributed by atoms with Gasteiger partial charge in [-0.25, -0.2) is 4.79 Å². The van der Waals surface area contributed by atoms with Crippen molar-refractivity contribution in [2.45, 2.75) is 65.2 Å². The van der Waals surface area contributed by atoms with Crippen LogP contribution in [-0.4, -0.2) is 50.2 Å². The van der Waals surface area contributed by atoms with Gasteiger partial charge in [0.05, 0.1) is 6.61 Å². The van der Waals surface area contributed by atoms with Crippen molar-refractivity contribution in [3.05, 3.63) is 89.5 Å². The highest BCUT2D eigenvalue weighted by molar-refractivity contribution is 6.87. The van der Waals surface area contributed by atoms with Crippen LogP contribution in [-0.2, 0) is 22.6 Å². The van der Waals surface area contributed by atoms with Crippen molar-refractivity contribution in [2.24, 2.45) is 0 Å². The summed E-state index contributed by atoms with van der Waals surface area (Å²) in [5.74, 6) is -1.10. The number of amides is 1. The van der Waals surface area contributed by atoms with Gasteiger partial charge in [-0.15, -0.1) is 0 Å². The topological polar surface area (TPSA) is 73.9 Å². The molecule has 0 saturated heterocycles. The number of carbonyl (C=O) groups is 2. The van der Waals surface area contributed by atoms with Crippen LogP contribution in [0.25, 0.3) is 5.57 Å². The molecule has 0 aromatic heterocycles. The number of esters is 1. The number of hydrogen-bond donors (Lipinski definition) is 1. The van der Waals surface area contributed by atoms with Crippen molar-refractivity contribution < 1.29 is 22.6 Å². The van der Waals surface area contributed by atoms with Crippen LogP contribution in [0.4, 0.5) is 0 Å². The van der Waals surface area contributed by atoms with Crippen LogP contribution in [0.15, 0.2) is 78.4 Å². The van der Waals surface area contributed by atoms with Crippen LogP contribution in [0.1, 0.15) is 24.5 Å². The summed E-state index contributed by atoms with van der Waals surface area (Å²) in [7, 11) is -6.00.